The molecule has 1 heterocycles. The molecule has 0 radical (unpaired) electrons. The Morgan fingerprint density at radius 3 is 2.44 bits per heavy atom. The van der Waals surface area contributed by atoms with E-state index in [0.717, 1.165) is 12.8 Å². The molecule has 1 saturated heterocycles. The molecule has 1 aliphatic heterocycles. The molecule has 2 aromatic rings. The summed E-state index contributed by atoms with van der Waals surface area (Å²) in [6.45, 7) is 1.15. The summed E-state index contributed by atoms with van der Waals surface area (Å²) < 4.78 is 26.5. The lowest BCUT2D eigenvalue weighted by Crippen LogP contribution is -2.27. The summed E-state index contributed by atoms with van der Waals surface area (Å²) in [5.74, 6) is -0.265. The number of nitrogens with zero attached hydrogens (tertiary/aromatic N) is 2. The number of rotatable bonds is 6. The first kappa shape index (κ1) is 18.9. The Labute approximate surface area is 158 Å². The molecule has 1 aliphatic rings. The van der Waals surface area contributed by atoms with Gasteiger partial charge in [0, 0.05) is 24.5 Å². The monoisotopic (exact) mass is 384 g/mol. The maximum absolute atomic E-state index is 12.5. The van der Waals surface area contributed by atoms with Crippen molar-refractivity contribution in [1.29, 1.82) is 5.26 Å². The van der Waals surface area contributed by atoms with Gasteiger partial charge in [0.2, 0.25) is 15.9 Å². The fourth-order valence-corrected chi connectivity index (χ4v) is 4.39. The maximum atomic E-state index is 12.5. The van der Waals surface area contributed by atoms with Gasteiger partial charge in [-0.1, -0.05) is 6.07 Å². The number of benzene rings is 2. The van der Waals surface area contributed by atoms with Gasteiger partial charge in [-0.25, -0.2) is 8.42 Å². The second kappa shape index (κ2) is 8.20. The second-order valence-corrected chi connectivity index (χ2v) is 8.17. The number of hydrogen-bond acceptors (Lipinski definition) is 5. The average molecular weight is 384 g/mol. The van der Waals surface area contributed by atoms with Gasteiger partial charge in [-0.15, -0.1) is 0 Å². The van der Waals surface area contributed by atoms with E-state index in [9.17, 15) is 13.2 Å². The van der Waals surface area contributed by atoms with Gasteiger partial charge < -0.3 is 10.6 Å². The van der Waals surface area contributed by atoms with Gasteiger partial charge in [0.15, 0.2) is 0 Å². The zero-order chi connectivity index (χ0) is 19.3. The number of anilines is 2. The third kappa shape index (κ3) is 4.64. The van der Waals surface area contributed by atoms with Crippen LogP contribution in [0.4, 0.5) is 11.4 Å². The first-order valence-corrected chi connectivity index (χ1v) is 10.1. The maximum Gasteiger partial charge on any atom is 0.243 e. The van der Waals surface area contributed by atoms with Crippen molar-refractivity contribution < 1.29 is 13.2 Å². The zero-order valence-corrected chi connectivity index (χ0v) is 15.5. The summed E-state index contributed by atoms with van der Waals surface area (Å²) in [5.41, 5.74) is 1.67. The highest BCUT2D eigenvalue weighted by molar-refractivity contribution is 7.89. The molecule has 3 rings (SSSR count). The molecule has 0 atom stereocenters. The van der Waals surface area contributed by atoms with Crippen molar-refractivity contribution in [2.45, 2.75) is 17.7 Å². The van der Waals surface area contributed by atoms with Crippen LogP contribution in [0.25, 0.3) is 0 Å². The molecule has 7 nitrogen and oxygen atoms in total. The van der Waals surface area contributed by atoms with E-state index in [0.29, 0.717) is 30.0 Å². The minimum Gasteiger partial charge on any atom is -0.376 e. The van der Waals surface area contributed by atoms with Gasteiger partial charge in [-0.3, -0.25) is 4.79 Å². The van der Waals surface area contributed by atoms with E-state index >= 15 is 0 Å². The van der Waals surface area contributed by atoms with Gasteiger partial charge in [-0.05, 0) is 55.3 Å². The van der Waals surface area contributed by atoms with Crippen molar-refractivity contribution in [3.05, 3.63) is 54.1 Å². The molecule has 0 saturated carbocycles. The van der Waals surface area contributed by atoms with Gasteiger partial charge in [-0.2, -0.15) is 9.57 Å². The van der Waals surface area contributed by atoms with Gasteiger partial charge in [0.05, 0.1) is 23.1 Å². The summed E-state index contributed by atoms with van der Waals surface area (Å²) in [6.07, 6.45) is 1.79. The number of carbonyl (C=O) groups is 1. The fraction of sp³-hybridized carbons (Fsp3) is 0.263. The number of nitriles is 1. The van der Waals surface area contributed by atoms with Crippen LogP contribution in [-0.4, -0.2) is 38.3 Å². The molecular formula is C19H20N4O3S. The topological polar surface area (TPSA) is 102 Å². The van der Waals surface area contributed by atoms with Crippen LogP contribution < -0.4 is 10.6 Å². The summed E-state index contributed by atoms with van der Waals surface area (Å²) in [7, 11) is -3.43. The van der Waals surface area contributed by atoms with Crippen LogP contribution in [0.1, 0.15) is 18.4 Å². The average Bonchev–Trinajstić information content (AvgIpc) is 3.22. The summed E-state index contributed by atoms with van der Waals surface area (Å²) in [6, 6.07) is 15.1. The van der Waals surface area contributed by atoms with Crippen LogP contribution in [0.15, 0.2) is 53.4 Å². The minimum atomic E-state index is -3.43. The SMILES string of the molecule is N#Cc1cccc(NC(=O)CNc2ccc(S(=O)(=O)N3CCCC3)cc2)c1. The van der Waals surface area contributed by atoms with Gasteiger partial charge in [0.1, 0.15) is 0 Å². The van der Waals surface area contributed by atoms with E-state index in [1.165, 1.54) is 4.31 Å². The Balaban J connectivity index is 1.57. The Hall–Kier alpha value is -2.89. The molecule has 2 N–H and O–H groups in total. The molecule has 0 aliphatic carbocycles. The van der Waals surface area contributed by atoms with Crippen molar-refractivity contribution in [3.8, 4) is 6.07 Å². The first-order chi connectivity index (χ1) is 13.0. The van der Waals surface area contributed by atoms with Crippen LogP contribution in [0.5, 0.6) is 0 Å². The predicted molar refractivity (Wildman–Crippen MR) is 103 cm³/mol. The highest BCUT2D eigenvalue weighted by atomic mass is 32.2. The third-order valence-electron chi connectivity index (χ3n) is 4.29. The van der Waals surface area contributed by atoms with Crippen molar-refractivity contribution in [3.63, 3.8) is 0 Å². The Morgan fingerprint density at radius 1 is 1.07 bits per heavy atom. The largest absolute Gasteiger partial charge is 0.376 e. The molecule has 1 fully saturated rings. The van der Waals surface area contributed by atoms with E-state index in [2.05, 4.69) is 10.6 Å². The minimum absolute atomic E-state index is 0.0228. The van der Waals surface area contributed by atoms with Crippen LogP contribution in [0.2, 0.25) is 0 Å². The van der Waals surface area contributed by atoms with E-state index in [1.54, 1.807) is 48.5 Å². The fourth-order valence-electron chi connectivity index (χ4n) is 2.88. The number of sulfonamides is 1. The van der Waals surface area contributed by atoms with Crippen LogP contribution in [-0.2, 0) is 14.8 Å². The quantitative estimate of drug-likeness (QED) is 0.796. The molecule has 1 amide bonds. The Kier molecular flexibility index (Phi) is 5.74. The van der Waals surface area contributed by atoms with E-state index in [1.807, 2.05) is 6.07 Å². The Bertz CT molecular complexity index is 959. The molecule has 140 valence electrons. The smallest absolute Gasteiger partial charge is 0.243 e. The van der Waals surface area contributed by atoms with Crippen LogP contribution in [0, 0.1) is 11.3 Å². The van der Waals surface area contributed by atoms with Crippen molar-refractivity contribution in [2.24, 2.45) is 0 Å². The summed E-state index contributed by atoms with van der Waals surface area (Å²) >= 11 is 0. The van der Waals surface area contributed by atoms with Crippen molar-refractivity contribution in [1.82, 2.24) is 4.31 Å². The molecular weight excluding hydrogens is 364 g/mol. The van der Waals surface area contributed by atoms with E-state index in [4.69, 9.17) is 5.26 Å². The standard InChI is InChI=1S/C19H20N4O3S/c20-13-15-4-3-5-17(12-15)22-19(24)14-21-16-6-8-18(9-7-16)27(25,26)23-10-1-2-11-23/h3-9,12,21H,1-2,10-11,14H2,(H,22,24). The predicted octanol–water partition coefficient (Wildman–Crippen LogP) is 2.39. The van der Waals surface area contributed by atoms with Crippen LogP contribution >= 0.6 is 0 Å². The lowest BCUT2D eigenvalue weighted by atomic mass is 10.2. The molecule has 0 bridgehead atoms. The van der Waals surface area contributed by atoms with Crippen molar-refractivity contribution in [2.75, 3.05) is 30.3 Å². The van der Waals surface area contributed by atoms with Crippen LogP contribution in [0.3, 0.4) is 0 Å². The molecule has 8 heteroatoms. The normalized spacial score (nSPS) is 14.5. The van der Waals surface area contributed by atoms with Crippen molar-refractivity contribution >= 4 is 27.3 Å². The summed E-state index contributed by atoms with van der Waals surface area (Å²) in [4.78, 5) is 12.3. The highest BCUT2D eigenvalue weighted by Gasteiger charge is 2.26. The van der Waals surface area contributed by atoms with Gasteiger partial charge in [0.25, 0.3) is 0 Å². The molecule has 2 aromatic carbocycles. The zero-order valence-electron chi connectivity index (χ0n) is 14.7. The molecule has 0 spiro atoms. The van der Waals surface area contributed by atoms with Gasteiger partial charge >= 0.3 is 0 Å². The molecule has 0 aromatic heterocycles. The number of carbonyl (C=O) groups excluding carboxylic acids is 1. The second-order valence-electron chi connectivity index (χ2n) is 6.23. The lowest BCUT2D eigenvalue weighted by Gasteiger charge is -2.15. The number of nitrogens with one attached hydrogen (secondary N) is 2. The number of amides is 1. The lowest BCUT2D eigenvalue weighted by molar-refractivity contribution is -0.114. The van der Waals surface area contributed by atoms with E-state index in [-0.39, 0.29) is 17.3 Å². The number of hydrogen-bond donors (Lipinski definition) is 2. The first-order valence-electron chi connectivity index (χ1n) is 8.63. The third-order valence-corrected chi connectivity index (χ3v) is 6.20. The highest BCUT2D eigenvalue weighted by Crippen LogP contribution is 2.22. The Morgan fingerprint density at radius 2 is 1.78 bits per heavy atom. The van der Waals surface area contributed by atoms with E-state index < -0.39 is 10.0 Å². The molecule has 0 unspecified atom stereocenters. The summed E-state index contributed by atoms with van der Waals surface area (Å²) in [5, 5.41) is 14.5. The molecule has 27 heavy (non-hydrogen) atoms.